The summed E-state index contributed by atoms with van der Waals surface area (Å²) >= 11 is 0. The molecule has 0 radical (unpaired) electrons. The van der Waals surface area contributed by atoms with Crippen molar-refractivity contribution in [1.29, 1.82) is 0 Å². The Hall–Kier alpha value is -2.90. The summed E-state index contributed by atoms with van der Waals surface area (Å²) in [6.07, 6.45) is 3.39. The van der Waals surface area contributed by atoms with E-state index in [-0.39, 0.29) is 29.8 Å². The molecule has 2 atom stereocenters. The topological polar surface area (TPSA) is 91.6 Å². The third-order valence-corrected chi connectivity index (χ3v) is 6.14. The summed E-state index contributed by atoms with van der Waals surface area (Å²) in [7, 11) is 0. The molecule has 0 spiro atoms. The van der Waals surface area contributed by atoms with Crippen LogP contribution in [0, 0.1) is 0 Å². The molecule has 1 aromatic carbocycles. The van der Waals surface area contributed by atoms with E-state index in [9.17, 15) is 9.59 Å². The van der Waals surface area contributed by atoms with Crippen molar-refractivity contribution in [1.82, 2.24) is 20.4 Å². The maximum absolute atomic E-state index is 12.9. The molecule has 1 aromatic heterocycles. The van der Waals surface area contributed by atoms with Crippen molar-refractivity contribution >= 4 is 17.6 Å². The number of anilines is 1. The average molecular weight is 426 g/mol. The molecule has 2 aliphatic rings. The Morgan fingerprint density at radius 3 is 2.58 bits per heavy atom. The molecular formula is C23H31N5O3. The van der Waals surface area contributed by atoms with Gasteiger partial charge in [0.15, 0.2) is 5.82 Å². The molecule has 2 unspecified atom stereocenters. The first-order valence-electron chi connectivity index (χ1n) is 11.2. The van der Waals surface area contributed by atoms with E-state index in [1.807, 2.05) is 54.8 Å². The molecule has 0 bridgehead atoms. The lowest BCUT2D eigenvalue weighted by molar-refractivity contribution is -0.117. The fourth-order valence-electron chi connectivity index (χ4n) is 4.24. The van der Waals surface area contributed by atoms with Crippen LogP contribution in [0.5, 0.6) is 0 Å². The average Bonchev–Trinajstić information content (AvgIpc) is 3.43. The molecule has 4 rings (SSSR count). The van der Waals surface area contributed by atoms with Crippen LogP contribution < -0.4 is 10.2 Å². The minimum absolute atomic E-state index is 0.0800. The Balaban J connectivity index is 1.35. The van der Waals surface area contributed by atoms with Gasteiger partial charge in [0, 0.05) is 43.6 Å². The maximum Gasteiger partial charge on any atom is 0.317 e. The van der Waals surface area contributed by atoms with Crippen LogP contribution in [0.1, 0.15) is 81.6 Å². The Labute approximate surface area is 183 Å². The number of urea groups is 1. The van der Waals surface area contributed by atoms with Gasteiger partial charge in [-0.05, 0) is 43.9 Å². The highest BCUT2D eigenvalue weighted by atomic mass is 16.5. The third kappa shape index (κ3) is 4.73. The van der Waals surface area contributed by atoms with Gasteiger partial charge in [0.1, 0.15) is 0 Å². The molecule has 8 heteroatoms. The van der Waals surface area contributed by atoms with Gasteiger partial charge in [0.25, 0.3) is 0 Å². The zero-order valence-electron chi connectivity index (χ0n) is 18.5. The highest BCUT2D eigenvalue weighted by Crippen LogP contribution is 2.27. The summed E-state index contributed by atoms with van der Waals surface area (Å²) in [5.41, 5.74) is 1.93. The Morgan fingerprint density at radius 1 is 1.16 bits per heavy atom. The molecule has 166 valence electrons. The largest absolute Gasteiger partial charge is 0.339 e. The fourth-order valence-corrected chi connectivity index (χ4v) is 4.24. The monoisotopic (exact) mass is 425 g/mol. The Kier molecular flexibility index (Phi) is 6.25. The normalized spacial score (nSPS) is 20.4. The van der Waals surface area contributed by atoms with Gasteiger partial charge >= 0.3 is 6.03 Å². The molecule has 8 nitrogen and oxygen atoms in total. The van der Waals surface area contributed by atoms with E-state index in [4.69, 9.17) is 4.52 Å². The first-order chi connectivity index (χ1) is 14.9. The van der Waals surface area contributed by atoms with Crippen molar-refractivity contribution in [2.75, 3.05) is 24.5 Å². The second-order valence-electron chi connectivity index (χ2n) is 8.84. The van der Waals surface area contributed by atoms with Crippen molar-refractivity contribution in [2.24, 2.45) is 0 Å². The van der Waals surface area contributed by atoms with Crippen molar-refractivity contribution < 1.29 is 14.1 Å². The lowest BCUT2D eigenvalue weighted by Gasteiger charge is -2.32. The number of likely N-dealkylation sites (tertiary alicyclic amines) is 1. The molecule has 2 fully saturated rings. The van der Waals surface area contributed by atoms with E-state index in [0.717, 1.165) is 43.6 Å². The second-order valence-corrected chi connectivity index (χ2v) is 8.84. The smallest absolute Gasteiger partial charge is 0.317 e. The minimum Gasteiger partial charge on any atom is -0.339 e. The van der Waals surface area contributed by atoms with Crippen molar-refractivity contribution in [3.63, 3.8) is 0 Å². The molecule has 2 saturated heterocycles. The molecule has 1 N–H and O–H groups in total. The van der Waals surface area contributed by atoms with Gasteiger partial charge < -0.3 is 19.6 Å². The summed E-state index contributed by atoms with van der Waals surface area (Å²) in [6, 6.07) is 7.67. The number of benzene rings is 1. The number of carbonyl (C=O) groups is 2. The highest BCUT2D eigenvalue weighted by molar-refractivity contribution is 5.95. The van der Waals surface area contributed by atoms with Gasteiger partial charge in [-0.25, -0.2) is 4.79 Å². The van der Waals surface area contributed by atoms with Gasteiger partial charge in [0.2, 0.25) is 11.8 Å². The van der Waals surface area contributed by atoms with Crippen LogP contribution in [-0.4, -0.2) is 46.6 Å². The van der Waals surface area contributed by atoms with Crippen LogP contribution in [0.4, 0.5) is 10.5 Å². The van der Waals surface area contributed by atoms with Crippen LogP contribution in [0.15, 0.2) is 28.8 Å². The molecular weight excluding hydrogens is 394 g/mol. The standard InChI is InChI=1S/C23H31N5O3/c1-15(2)22-25-21(26-31-22)18-6-4-12-27(14-18)23(30)24-16(3)17-8-10-19(11-9-17)28-13-5-7-20(28)29/h8-11,15-16,18H,4-7,12-14H2,1-3H3,(H,24,30). The van der Waals surface area contributed by atoms with Crippen LogP contribution >= 0.6 is 0 Å². The maximum atomic E-state index is 12.9. The quantitative estimate of drug-likeness (QED) is 0.783. The SMILES string of the molecule is CC(C)c1nc(C2CCCN(C(=O)NC(C)c3ccc(N4CCCC4=O)cc3)C2)no1. The van der Waals surface area contributed by atoms with E-state index >= 15 is 0 Å². The summed E-state index contributed by atoms with van der Waals surface area (Å²) < 4.78 is 5.35. The van der Waals surface area contributed by atoms with Gasteiger partial charge in [0.05, 0.1) is 6.04 Å². The van der Waals surface area contributed by atoms with E-state index in [1.54, 1.807) is 0 Å². The lowest BCUT2D eigenvalue weighted by atomic mass is 9.97. The third-order valence-electron chi connectivity index (χ3n) is 6.14. The van der Waals surface area contributed by atoms with Gasteiger partial charge in [-0.15, -0.1) is 0 Å². The molecule has 0 aliphatic carbocycles. The fraction of sp³-hybridized carbons (Fsp3) is 0.565. The number of nitrogens with one attached hydrogen (secondary N) is 1. The summed E-state index contributed by atoms with van der Waals surface area (Å²) in [6.45, 7) is 8.11. The van der Waals surface area contributed by atoms with Crippen molar-refractivity contribution in [3.8, 4) is 0 Å². The predicted molar refractivity (Wildman–Crippen MR) is 117 cm³/mol. The Bertz CT molecular complexity index is 924. The van der Waals surface area contributed by atoms with E-state index in [0.29, 0.717) is 24.7 Å². The first-order valence-corrected chi connectivity index (χ1v) is 11.2. The Morgan fingerprint density at radius 2 is 1.94 bits per heavy atom. The van der Waals surface area contributed by atoms with Gasteiger partial charge in [-0.3, -0.25) is 4.79 Å². The van der Waals surface area contributed by atoms with Crippen LogP contribution in [0.2, 0.25) is 0 Å². The summed E-state index contributed by atoms with van der Waals surface area (Å²) in [4.78, 5) is 33.0. The van der Waals surface area contributed by atoms with Crippen LogP contribution in [0.3, 0.4) is 0 Å². The van der Waals surface area contributed by atoms with E-state index in [2.05, 4.69) is 15.5 Å². The molecule has 2 aromatic rings. The van der Waals surface area contributed by atoms with Crippen LogP contribution in [-0.2, 0) is 4.79 Å². The summed E-state index contributed by atoms with van der Waals surface area (Å²) in [5.74, 6) is 1.81. The number of aromatic nitrogens is 2. The number of carbonyl (C=O) groups excluding carboxylic acids is 2. The van der Waals surface area contributed by atoms with E-state index < -0.39 is 0 Å². The molecule has 31 heavy (non-hydrogen) atoms. The summed E-state index contributed by atoms with van der Waals surface area (Å²) in [5, 5.41) is 7.24. The van der Waals surface area contributed by atoms with Gasteiger partial charge in [-0.2, -0.15) is 4.98 Å². The molecule has 0 saturated carbocycles. The molecule has 3 amide bonds. The predicted octanol–water partition coefficient (Wildman–Crippen LogP) is 3.97. The number of amides is 3. The number of nitrogens with zero attached hydrogens (tertiary/aromatic N) is 4. The van der Waals surface area contributed by atoms with Gasteiger partial charge in [-0.1, -0.05) is 31.1 Å². The molecule has 3 heterocycles. The zero-order valence-corrected chi connectivity index (χ0v) is 18.5. The number of hydrogen-bond donors (Lipinski definition) is 1. The van der Waals surface area contributed by atoms with Crippen molar-refractivity contribution in [2.45, 2.75) is 64.3 Å². The number of piperidine rings is 1. The molecule has 2 aliphatic heterocycles. The zero-order chi connectivity index (χ0) is 22.0. The second kappa shape index (κ2) is 9.08. The minimum atomic E-state index is -0.131. The highest BCUT2D eigenvalue weighted by Gasteiger charge is 2.29. The van der Waals surface area contributed by atoms with Crippen LogP contribution in [0.25, 0.3) is 0 Å². The first kappa shape index (κ1) is 21.3. The lowest BCUT2D eigenvalue weighted by Crippen LogP contribution is -2.45. The van der Waals surface area contributed by atoms with Crippen molar-refractivity contribution in [3.05, 3.63) is 41.5 Å². The number of hydrogen-bond acceptors (Lipinski definition) is 5. The van der Waals surface area contributed by atoms with E-state index in [1.165, 1.54) is 0 Å². The number of rotatable bonds is 5.